The highest BCUT2D eigenvalue weighted by molar-refractivity contribution is 6.33. The molecule has 2 aliphatic rings. The Morgan fingerprint density at radius 3 is 2.82 bits per heavy atom. The summed E-state index contributed by atoms with van der Waals surface area (Å²) in [6, 6.07) is 7.02. The minimum absolute atomic E-state index is 0.0599. The maximum absolute atomic E-state index is 14.2. The molecule has 4 rings (SSSR count). The molecule has 10 heteroatoms. The molecule has 3 N–H and O–H groups in total. The number of pyridine rings is 1. The number of carbonyl (C=O) groups excluding carboxylic acids is 1. The first-order valence-corrected chi connectivity index (χ1v) is 14.3. The van der Waals surface area contributed by atoms with Gasteiger partial charge in [-0.05, 0) is 87.6 Å². The number of fused-ring (bicyclic) bond motifs is 1. The van der Waals surface area contributed by atoms with Gasteiger partial charge in [-0.15, -0.1) is 0 Å². The number of carboxylic acids is 1. The van der Waals surface area contributed by atoms with Gasteiger partial charge >= 0.3 is 5.97 Å². The van der Waals surface area contributed by atoms with E-state index in [-0.39, 0.29) is 17.0 Å². The fourth-order valence-corrected chi connectivity index (χ4v) is 4.98. The largest absolute Gasteiger partial charge is 0.480 e. The molecule has 1 atom stereocenters. The Bertz CT molecular complexity index is 1110. The molecule has 39 heavy (non-hydrogen) atoms. The lowest BCUT2D eigenvalue weighted by Crippen LogP contribution is -2.44. The number of benzene rings is 1. The van der Waals surface area contributed by atoms with Gasteiger partial charge in [-0.2, -0.15) is 0 Å². The number of ether oxygens (including phenoxy) is 1. The minimum Gasteiger partial charge on any atom is -0.480 e. The van der Waals surface area contributed by atoms with E-state index in [9.17, 15) is 19.1 Å². The highest BCUT2D eigenvalue weighted by Crippen LogP contribution is 2.28. The second-order valence-electron chi connectivity index (χ2n) is 10.4. The third-order valence-corrected chi connectivity index (χ3v) is 7.55. The first-order valence-electron chi connectivity index (χ1n) is 13.9. The standard InChI is InChI=1S/C29H38ClFN4O4/c30-23-7-3-8-24(31)26(23)28(36)34-25(29(37)38)13-16-35(17-18-39-19-20-9-10-20)15-2-1-6-22-12-11-21-5-4-14-32-27(21)33-22/h3,7-8,11-12,20,25H,1-2,4-6,9-10,13-19H2,(H,32,33)(H,34,36)(H,37,38)/t25-/m0/s1. The van der Waals surface area contributed by atoms with Crippen LogP contribution in [0.4, 0.5) is 10.2 Å². The number of amides is 1. The van der Waals surface area contributed by atoms with Gasteiger partial charge < -0.3 is 25.4 Å². The summed E-state index contributed by atoms with van der Waals surface area (Å²) in [5.74, 6) is -1.12. The summed E-state index contributed by atoms with van der Waals surface area (Å²) >= 11 is 5.98. The van der Waals surface area contributed by atoms with Crippen molar-refractivity contribution >= 4 is 29.3 Å². The van der Waals surface area contributed by atoms with Crippen LogP contribution in [0.2, 0.25) is 5.02 Å². The highest BCUT2D eigenvalue weighted by Gasteiger charge is 2.25. The Labute approximate surface area is 234 Å². The normalized spacial score (nSPS) is 15.5. The Balaban J connectivity index is 1.28. The monoisotopic (exact) mass is 560 g/mol. The molecule has 0 spiro atoms. The number of hydrogen-bond donors (Lipinski definition) is 3. The van der Waals surface area contributed by atoms with E-state index in [0.29, 0.717) is 25.6 Å². The predicted molar refractivity (Wildman–Crippen MR) is 149 cm³/mol. The van der Waals surface area contributed by atoms with Crippen LogP contribution in [0.5, 0.6) is 0 Å². The number of anilines is 1. The van der Waals surface area contributed by atoms with E-state index in [4.69, 9.17) is 21.3 Å². The molecule has 0 saturated heterocycles. The van der Waals surface area contributed by atoms with Gasteiger partial charge in [-0.25, -0.2) is 14.2 Å². The molecule has 0 bridgehead atoms. The molecular formula is C29H38ClFN4O4. The lowest BCUT2D eigenvalue weighted by atomic mass is 10.1. The molecule has 1 aliphatic heterocycles. The van der Waals surface area contributed by atoms with Crippen molar-refractivity contribution in [2.24, 2.45) is 5.92 Å². The number of rotatable bonds is 16. The van der Waals surface area contributed by atoms with Crippen LogP contribution < -0.4 is 10.6 Å². The molecule has 2 aromatic rings. The van der Waals surface area contributed by atoms with Gasteiger partial charge in [0.15, 0.2) is 0 Å². The third-order valence-electron chi connectivity index (χ3n) is 7.24. The molecule has 212 valence electrons. The van der Waals surface area contributed by atoms with Crippen molar-refractivity contribution < 1.29 is 23.8 Å². The number of unbranched alkanes of at least 4 members (excludes halogenated alkanes) is 1. The highest BCUT2D eigenvalue weighted by atomic mass is 35.5. The van der Waals surface area contributed by atoms with Crippen LogP contribution in [-0.2, 0) is 22.4 Å². The molecule has 0 radical (unpaired) electrons. The molecule has 1 aliphatic carbocycles. The number of nitrogens with one attached hydrogen (secondary N) is 2. The van der Waals surface area contributed by atoms with Crippen molar-refractivity contribution in [2.45, 2.75) is 57.4 Å². The van der Waals surface area contributed by atoms with Crippen molar-refractivity contribution in [3.8, 4) is 0 Å². The Kier molecular flexibility index (Phi) is 10.9. The number of hydrogen-bond acceptors (Lipinski definition) is 6. The topological polar surface area (TPSA) is 104 Å². The molecule has 1 fully saturated rings. The zero-order valence-electron chi connectivity index (χ0n) is 22.3. The third kappa shape index (κ3) is 9.15. The van der Waals surface area contributed by atoms with Crippen LogP contribution in [0.25, 0.3) is 0 Å². The van der Waals surface area contributed by atoms with Crippen LogP contribution in [0.15, 0.2) is 30.3 Å². The Morgan fingerprint density at radius 1 is 1.21 bits per heavy atom. The number of carboxylic acid groups (broad SMARTS) is 1. The molecule has 1 aromatic heterocycles. The van der Waals surface area contributed by atoms with Crippen molar-refractivity contribution in [3.63, 3.8) is 0 Å². The summed E-state index contributed by atoms with van der Waals surface area (Å²) in [5, 5.41) is 15.5. The quantitative estimate of drug-likeness (QED) is 0.259. The van der Waals surface area contributed by atoms with Gasteiger partial charge in [0.2, 0.25) is 0 Å². The lowest BCUT2D eigenvalue weighted by molar-refractivity contribution is -0.139. The van der Waals surface area contributed by atoms with E-state index in [2.05, 4.69) is 27.7 Å². The van der Waals surface area contributed by atoms with Gasteiger partial charge in [-0.3, -0.25) is 4.79 Å². The molecule has 1 saturated carbocycles. The molecule has 1 aromatic carbocycles. The SMILES string of the molecule is O=C(N[C@@H](CCN(CCCCc1ccc2c(n1)NCCC2)CCOCC1CC1)C(=O)O)c1c(F)cccc1Cl. The van der Waals surface area contributed by atoms with Gasteiger partial charge in [-0.1, -0.05) is 23.7 Å². The average molecular weight is 561 g/mol. The van der Waals surface area contributed by atoms with E-state index < -0.39 is 23.7 Å². The van der Waals surface area contributed by atoms with Gasteiger partial charge in [0.05, 0.1) is 17.2 Å². The maximum Gasteiger partial charge on any atom is 0.326 e. The smallest absolute Gasteiger partial charge is 0.326 e. The van der Waals surface area contributed by atoms with Crippen LogP contribution in [0, 0.1) is 11.7 Å². The second kappa shape index (κ2) is 14.6. The van der Waals surface area contributed by atoms with Crippen molar-refractivity contribution in [1.29, 1.82) is 0 Å². The van der Waals surface area contributed by atoms with Crippen molar-refractivity contribution in [2.75, 3.05) is 44.7 Å². The number of aromatic nitrogens is 1. The first-order chi connectivity index (χ1) is 18.9. The summed E-state index contributed by atoms with van der Waals surface area (Å²) in [7, 11) is 0. The zero-order valence-corrected chi connectivity index (χ0v) is 23.0. The fraction of sp³-hybridized carbons (Fsp3) is 0.552. The summed E-state index contributed by atoms with van der Waals surface area (Å²) in [5.41, 5.74) is 2.00. The number of halogens is 2. The Morgan fingerprint density at radius 2 is 2.05 bits per heavy atom. The number of carbonyl (C=O) groups is 2. The van der Waals surface area contributed by atoms with E-state index in [1.807, 2.05) is 0 Å². The lowest BCUT2D eigenvalue weighted by Gasteiger charge is -2.24. The van der Waals surface area contributed by atoms with Crippen LogP contribution in [-0.4, -0.2) is 72.3 Å². The summed E-state index contributed by atoms with van der Waals surface area (Å²) < 4.78 is 20.0. The number of aryl methyl sites for hydroxylation is 2. The van der Waals surface area contributed by atoms with Crippen LogP contribution in [0.1, 0.15) is 60.1 Å². The maximum atomic E-state index is 14.2. The van der Waals surface area contributed by atoms with Gasteiger partial charge in [0.1, 0.15) is 17.7 Å². The van der Waals surface area contributed by atoms with E-state index in [1.165, 1.54) is 30.5 Å². The molecular weight excluding hydrogens is 523 g/mol. The Hall–Kier alpha value is -2.75. The van der Waals surface area contributed by atoms with Crippen LogP contribution >= 0.6 is 11.6 Å². The molecule has 8 nitrogen and oxygen atoms in total. The van der Waals surface area contributed by atoms with Crippen molar-refractivity contribution in [1.82, 2.24) is 15.2 Å². The van der Waals surface area contributed by atoms with Gasteiger partial charge in [0.25, 0.3) is 5.91 Å². The summed E-state index contributed by atoms with van der Waals surface area (Å²) in [4.78, 5) is 31.5. The minimum atomic E-state index is -1.17. The molecule has 1 amide bonds. The van der Waals surface area contributed by atoms with E-state index >= 15 is 0 Å². The zero-order chi connectivity index (χ0) is 27.6. The summed E-state index contributed by atoms with van der Waals surface area (Å²) in [6.07, 6.45) is 7.58. The van der Waals surface area contributed by atoms with E-state index in [0.717, 1.165) is 69.4 Å². The average Bonchev–Trinajstić information content (AvgIpc) is 3.75. The first kappa shape index (κ1) is 29.2. The number of nitrogens with zero attached hydrogens (tertiary/aromatic N) is 2. The predicted octanol–water partition coefficient (Wildman–Crippen LogP) is 4.56. The molecule has 0 unspecified atom stereocenters. The van der Waals surface area contributed by atoms with Crippen LogP contribution in [0.3, 0.4) is 0 Å². The molecule has 2 heterocycles. The second-order valence-corrected chi connectivity index (χ2v) is 10.8. The van der Waals surface area contributed by atoms with Crippen molar-refractivity contribution in [3.05, 3.63) is 58.0 Å². The van der Waals surface area contributed by atoms with E-state index in [1.54, 1.807) is 0 Å². The summed E-state index contributed by atoms with van der Waals surface area (Å²) in [6.45, 7) is 4.21. The number of aliphatic carboxylic acids is 1. The van der Waals surface area contributed by atoms with Gasteiger partial charge in [0, 0.05) is 31.9 Å². The fourth-order valence-electron chi connectivity index (χ4n) is 4.73.